The number of benzene rings is 1. The van der Waals surface area contributed by atoms with Gasteiger partial charge in [0.15, 0.2) is 0 Å². The van der Waals surface area contributed by atoms with E-state index in [-0.39, 0.29) is 0 Å². The molecule has 0 amide bonds. The van der Waals surface area contributed by atoms with E-state index in [2.05, 4.69) is 40.9 Å². The molecule has 2 nitrogen and oxygen atoms in total. The summed E-state index contributed by atoms with van der Waals surface area (Å²) in [7, 11) is 0. The molecular weight excluding hydrogens is 328 g/mol. The number of hydrogen-bond acceptors (Lipinski definition) is 1. The number of rotatable bonds is 2. The SMILES string of the molecule is Clc1ccc(-c2nc3ccccn3c2C2CCCCCCCC2)cc1. The lowest BCUT2D eigenvalue weighted by Gasteiger charge is -2.18. The van der Waals surface area contributed by atoms with Crippen LogP contribution in [0.1, 0.15) is 63.0 Å². The molecule has 1 aliphatic rings. The van der Waals surface area contributed by atoms with Crippen molar-refractivity contribution < 1.29 is 0 Å². The Bertz CT molecular complexity index is 825. The van der Waals surface area contributed by atoms with Gasteiger partial charge in [0.1, 0.15) is 5.65 Å². The van der Waals surface area contributed by atoms with Gasteiger partial charge in [-0.3, -0.25) is 0 Å². The average molecular weight is 353 g/mol. The first-order valence-electron chi connectivity index (χ1n) is 9.56. The standard InChI is InChI=1S/C22H25ClN2/c23-19-14-12-17(13-15-19)21-22(25-16-8-7-11-20(25)24-21)18-9-5-3-1-2-4-6-10-18/h7-8,11-16,18H,1-6,9-10H2. The smallest absolute Gasteiger partial charge is 0.137 e. The summed E-state index contributed by atoms with van der Waals surface area (Å²) in [6, 6.07) is 14.4. The normalized spacial score (nSPS) is 17.2. The van der Waals surface area contributed by atoms with Crippen LogP contribution in [0.2, 0.25) is 5.02 Å². The van der Waals surface area contributed by atoms with E-state index in [9.17, 15) is 0 Å². The number of fused-ring (bicyclic) bond motifs is 1. The highest BCUT2D eigenvalue weighted by atomic mass is 35.5. The highest BCUT2D eigenvalue weighted by Crippen LogP contribution is 2.37. The van der Waals surface area contributed by atoms with Crippen molar-refractivity contribution in [2.75, 3.05) is 0 Å². The van der Waals surface area contributed by atoms with Crippen molar-refractivity contribution >= 4 is 17.2 Å². The molecule has 4 rings (SSSR count). The Hall–Kier alpha value is -1.80. The van der Waals surface area contributed by atoms with Gasteiger partial charge in [-0.2, -0.15) is 0 Å². The molecule has 0 N–H and O–H groups in total. The van der Waals surface area contributed by atoms with Gasteiger partial charge in [-0.25, -0.2) is 4.98 Å². The second-order valence-electron chi connectivity index (χ2n) is 7.18. The fourth-order valence-electron chi connectivity index (χ4n) is 4.13. The number of aromatic nitrogens is 2. The molecule has 1 aromatic carbocycles. The Labute approximate surface area is 154 Å². The van der Waals surface area contributed by atoms with E-state index < -0.39 is 0 Å². The van der Waals surface area contributed by atoms with Crippen LogP contribution in [0.15, 0.2) is 48.7 Å². The highest BCUT2D eigenvalue weighted by Gasteiger charge is 2.22. The van der Waals surface area contributed by atoms with Crippen LogP contribution in [-0.2, 0) is 0 Å². The zero-order valence-electron chi connectivity index (χ0n) is 14.6. The molecule has 1 saturated carbocycles. The van der Waals surface area contributed by atoms with E-state index in [1.165, 1.54) is 62.6 Å². The van der Waals surface area contributed by atoms with Gasteiger partial charge in [0.25, 0.3) is 0 Å². The van der Waals surface area contributed by atoms with Gasteiger partial charge in [-0.15, -0.1) is 0 Å². The van der Waals surface area contributed by atoms with Gasteiger partial charge in [0.05, 0.1) is 11.4 Å². The van der Waals surface area contributed by atoms with Gasteiger partial charge in [-0.1, -0.05) is 68.3 Å². The fourth-order valence-corrected chi connectivity index (χ4v) is 4.26. The molecule has 25 heavy (non-hydrogen) atoms. The summed E-state index contributed by atoms with van der Waals surface area (Å²) in [5.41, 5.74) is 4.73. The first kappa shape index (κ1) is 16.7. The van der Waals surface area contributed by atoms with Crippen LogP contribution >= 0.6 is 11.6 Å². The van der Waals surface area contributed by atoms with Crippen LogP contribution in [0.3, 0.4) is 0 Å². The molecule has 0 radical (unpaired) electrons. The Morgan fingerprint density at radius 1 is 0.840 bits per heavy atom. The average Bonchev–Trinajstić information content (AvgIpc) is 3.07. The molecule has 0 atom stereocenters. The topological polar surface area (TPSA) is 17.3 Å². The van der Waals surface area contributed by atoms with Crippen LogP contribution in [0, 0.1) is 0 Å². The third-order valence-corrected chi connectivity index (χ3v) is 5.68. The lowest BCUT2D eigenvalue weighted by Crippen LogP contribution is -2.04. The molecule has 2 aromatic heterocycles. The molecule has 1 fully saturated rings. The third-order valence-electron chi connectivity index (χ3n) is 5.43. The van der Waals surface area contributed by atoms with Crippen LogP contribution in [0.5, 0.6) is 0 Å². The number of imidazole rings is 1. The van der Waals surface area contributed by atoms with Gasteiger partial charge in [-0.05, 0) is 37.1 Å². The monoisotopic (exact) mass is 352 g/mol. The van der Waals surface area contributed by atoms with Crippen LogP contribution < -0.4 is 0 Å². The second-order valence-corrected chi connectivity index (χ2v) is 7.61. The summed E-state index contributed by atoms with van der Waals surface area (Å²) in [6.07, 6.45) is 12.9. The Morgan fingerprint density at radius 2 is 1.52 bits per heavy atom. The van der Waals surface area contributed by atoms with Crippen molar-refractivity contribution in [3.63, 3.8) is 0 Å². The third kappa shape index (κ3) is 3.59. The lowest BCUT2D eigenvalue weighted by molar-refractivity contribution is 0.527. The van der Waals surface area contributed by atoms with Crippen molar-refractivity contribution in [3.8, 4) is 11.3 Å². The molecule has 0 bridgehead atoms. The maximum absolute atomic E-state index is 6.10. The molecule has 3 aromatic rings. The van der Waals surface area contributed by atoms with E-state index in [4.69, 9.17) is 16.6 Å². The predicted octanol–water partition coefficient (Wildman–Crippen LogP) is 6.87. The minimum Gasteiger partial charge on any atom is -0.303 e. The molecule has 1 aliphatic carbocycles. The molecule has 3 heteroatoms. The highest BCUT2D eigenvalue weighted by molar-refractivity contribution is 6.30. The van der Waals surface area contributed by atoms with E-state index in [1.54, 1.807) is 0 Å². The quantitative estimate of drug-likeness (QED) is 0.491. The number of pyridine rings is 1. The Balaban J connectivity index is 1.82. The summed E-state index contributed by atoms with van der Waals surface area (Å²) in [5.74, 6) is 0.584. The predicted molar refractivity (Wildman–Crippen MR) is 105 cm³/mol. The summed E-state index contributed by atoms with van der Waals surface area (Å²) in [4.78, 5) is 4.99. The Kier molecular flexibility index (Phi) is 5.07. The summed E-state index contributed by atoms with van der Waals surface area (Å²) < 4.78 is 2.31. The van der Waals surface area contributed by atoms with Gasteiger partial charge in [0.2, 0.25) is 0 Å². The second kappa shape index (κ2) is 7.61. The van der Waals surface area contributed by atoms with Gasteiger partial charge in [0, 0.05) is 22.7 Å². The lowest BCUT2D eigenvalue weighted by atomic mass is 9.91. The molecule has 0 saturated heterocycles. The van der Waals surface area contributed by atoms with Crippen molar-refractivity contribution in [3.05, 3.63) is 59.4 Å². The number of hydrogen-bond donors (Lipinski definition) is 0. The molecule has 0 aliphatic heterocycles. The summed E-state index contributed by atoms with van der Waals surface area (Å²) in [5, 5.41) is 0.775. The number of nitrogens with zero attached hydrogens (tertiary/aromatic N) is 2. The van der Waals surface area contributed by atoms with E-state index in [0.717, 1.165) is 16.4 Å². The zero-order valence-corrected chi connectivity index (χ0v) is 15.4. The van der Waals surface area contributed by atoms with Crippen molar-refractivity contribution in [1.29, 1.82) is 0 Å². The van der Waals surface area contributed by atoms with Crippen molar-refractivity contribution in [1.82, 2.24) is 9.38 Å². The maximum Gasteiger partial charge on any atom is 0.137 e. The largest absolute Gasteiger partial charge is 0.303 e. The van der Waals surface area contributed by atoms with Gasteiger partial charge >= 0.3 is 0 Å². The minimum absolute atomic E-state index is 0.584. The molecule has 2 heterocycles. The van der Waals surface area contributed by atoms with Crippen LogP contribution in [0.25, 0.3) is 16.9 Å². The van der Waals surface area contributed by atoms with E-state index in [0.29, 0.717) is 5.92 Å². The molecule has 130 valence electrons. The van der Waals surface area contributed by atoms with Crippen molar-refractivity contribution in [2.24, 2.45) is 0 Å². The zero-order chi connectivity index (χ0) is 17.1. The van der Waals surface area contributed by atoms with Crippen LogP contribution in [-0.4, -0.2) is 9.38 Å². The molecular formula is C22H25ClN2. The van der Waals surface area contributed by atoms with Gasteiger partial charge < -0.3 is 4.40 Å². The number of halogens is 1. The fraction of sp³-hybridized carbons (Fsp3) is 0.409. The molecule has 0 unspecified atom stereocenters. The van der Waals surface area contributed by atoms with E-state index >= 15 is 0 Å². The summed E-state index contributed by atoms with van der Waals surface area (Å²) >= 11 is 6.10. The van der Waals surface area contributed by atoms with Crippen molar-refractivity contribution in [2.45, 2.75) is 57.3 Å². The molecule has 0 spiro atoms. The van der Waals surface area contributed by atoms with E-state index in [1.807, 2.05) is 12.1 Å². The Morgan fingerprint density at radius 3 is 2.24 bits per heavy atom. The maximum atomic E-state index is 6.10. The summed E-state index contributed by atoms with van der Waals surface area (Å²) in [6.45, 7) is 0. The van der Waals surface area contributed by atoms with Crippen LogP contribution in [0.4, 0.5) is 0 Å². The minimum atomic E-state index is 0.584. The first-order chi connectivity index (χ1) is 12.3. The first-order valence-corrected chi connectivity index (χ1v) is 9.93.